The van der Waals surface area contributed by atoms with Crippen LogP contribution in [0.15, 0.2) is 103 Å². The fraction of sp³-hybridized carbons (Fsp3) is 0.156. The van der Waals surface area contributed by atoms with Crippen molar-refractivity contribution in [3.8, 4) is 11.5 Å². The Bertz CT molecular complexity index is 1560. The average Bonchev–Trinajstić information content (AvgIpc) is 3.25. The molecule has 0 aliphatic rings. The number of halogens is 2. The van der Waals surface area contributed by atoms with Crippen LogP contribution >= 0.6 is 23.2 Å². The maximum atomic E-state index is 13.2. The van der Waals surface area contributed by atoms with Gasteiger partial charge in [-0.25, -0.2) is 0 Å². The van der Waals surface area contributed by atoms with Gasteiger partial charge in [0.2, 0.25) is 5.91 Å². The van der Waals surface area contributed by atoms with Crippen LogP contribution in [-0.2, 0) is 18.3 Å². The molecule has 0 aliphatic carbocycles. The van der Waals surface area contributed by atoms with E-state index in [0.29, 0.717) is 29.4 Å². The lowest BCUT2D eigenvalue weighted by Gasteiger charge is -2.18. The number of para-hydroxylation sites is 2. The van der Waals surface area contributed by atoms with Gasteiger partial charge in [-0.3, -0.25) is 4.79 Å². The highest BCUT2D eigenvalue weighted by Crippen LogP contribution is 2.36. The summed E-state index contributed by atoms with van der Waals surface area (Å²) in [4.78, 5) is 13.2. The quantitative estimate of drug-likeness (QED) is 0.204. The summed E-state index contributed by atoms with van der Waals surface area (Å²) in [7, 11) is 2.04. The van der Waals surface area contributed by atoms with Gasteiger partial charge >= 0.3 is 0 Å². The van der Waals surface area contributed by atoms with E-state index in [2.05, 4.69) is 34.3 Å². The molecule has 1 amide bonds. The molecule has 192 valence electrons. The summed E-state index contributed by atoms with van der Waals surface area (Å²) in [6.07, 6.45) is 3.05. The van der Waals surface area contributed by atoms with Crippen molar-refractivity contribution in [2.75, 3.05) is 6.54 Å². The van der Waals surface area contributed by atoms with Gasteiger partial charge in [0.1, 0.15) is 11.5 Å². The first-order valence-corrected chi connectivity index (χ1v) is 13.3. The van der Waals surface area contributed by atoms with Crippen LogP contribution in [0.3, 0.4) is 0 Å². The van der Waals surface area contributed by atoms with Crippen molar-refractivity contribution >= 4 is 40.0 Å². The van der Waals surface area contributed by atoms with Gasteiger partial charge in [-0.2, -0.15) is 0 Å². The maximum Gasteiger partial charge on any atom is 0.220 e. The molecule has 4 nitrogen and oxygen atoms in total. The zero-order chi connectivity index (χ0) is 26.5. The lowest BCUT2D eigenvalue weighted by Crippen LogP contribution is -2.27. The largest absolute Gasteiger partial charge is 0.457 e. The number of hydrogen-bond acceptors (Lipinski definition) is 2. The number of hydrogen-bond donors (Lipinski definition) is 1. The van der Waals surface area contributed by atoms with E-state index in [4.69, 9.17) is 27.9 Å². The summed E-state index contributed by atoms with van der Waals surface area (Å²) in [5.41, 5.74) is 4.20. The molecule has 6 heteroatoms. The van der Waals surface area contributed by atoms with Crippen molar-refractivity contribution in [2.45, 2.75) is 18.8 Å². The van der Waals surface area contributed by atoms with Gasteiger partial charge in [0.15, 0.2) is 0 Å². The fourth-order valence-electron chi connectivity index (χ4n) is 4.80. The average molecular weight is 543 g/mol. The molecule has 4 aromatic carbocycles. The van der Waals surface area contributed by atoms with E-state index in [-0.39, 0.29) is 11.8 Å². The minimum absolute atomic E-state index is 0.0256. The van der Waals surface area contributed by atoms with Crippen molar-refractivity contribution in [1.82, 2.24) is 9.88 Å². The van der Waals surface area contributed by atoms with Crippen LogP contribution in [0.1, 0.15) is 29.0 Å². The van der Waals surface area contributed by atoms with E-state index in [9.17, 15) is 4.79 Å². The smallest absolute Gasteiger partial charge is 0.220 e. The Balaban J connectivity index is 1.40. The predicted molar refractivity (Wildman–Crippen MR) is 156 cm³/mol. The van der Waals surface area contributed by atoms with Crippen LogP contribution in [0.2, 0.25) is 10.0 Å². The molecule has 1 heterocycles. The van der Waals surface area contributed by atoms with Crippen LogP contribution in [0, 0.1) is 0 Å². The zero-order valence-corrected chi connectivity index (χ0v) is 22.5. The monoisotopic (exact) mass is 542 g/mol. The number of ether oxygens (including phenoxy) is 1. The molecule has 5 aromatic rings. The molecule has 1 N–H and O–H groups in total. The Hall–Kier alpha value is -3.73. The van der Waals surface area contributed by atoms with Crippen molar-refractivity contribution in [3.63, 3.8) is 0 Å². The lowest BCUT2D eigenvalue weighted by atomic mass is 9.88. The second kappa shape index (κ2) is 11.8. The molecule has 1 atom stereocenters. The predicted octanol–water partition coefficient (Wildman–Crippen LogP) is 8.16. The number of amides is 1. The Morgan fingerprint density at radius 3 is 2.47 bits per heavy atom. The molecule has 0 spiro atoms. The minimum atomic E-state index is -0.153. The highest BCUT2D eigenvalue weighted by molar-refractivity contribution is 6.35. The Morgan fingerprint density at radius 2 is 1.66 bits per heavy atom. The zero-order valence-electron chi connectivity index (χ0n) is 21.0. The van der Waals surface area contributed by atoms with Crippen LogP contribution < -0.4 is 10.1 Å². The highest BCUT2D eigenvalue weighted by atomic mass is 35.5. The maximum absolute atomic E-state index is 13.2. The molecule has 0 aliphatic heterocycles. The highest BCUT2D eigenvalue weighted by Gasteiger charge is 2.23. The normalized spacial score (nSPS) is 11.9. The van der Waals surface area contributed by atoms with Gasteiger partial charge in [0, 0.05) is 53.1 Å². The summed E-state index contributed by atoms with van der Waals surface area (Å²) in [5, 5.41) is 5.42. The summed E-state index contributed by atoms with van der Waals surface area (Å²) in [6.45, 7) is 0.486. The minimum Gasteiger partial charge on any atom is -0.457 e. The summed E-state index contributed by atoms with van der Waals surface area (Å²) in [6, 6.07) is 31.4. The van der Waals surface area contributed by atoms with Crippen molar-refractivity contribution in [2.24, 2.45) is 7.05 Å². The van der Waals surface area contributed by atoms with Gasteiger partial charge in [-0.15, -0.1) is 0 Å². The molecule has 0 saturated heterocycles. The van der Waals surface area contributed by atoms with Gasteiger partial charge in [-0.05, 0) is 65.6 Å². The topological polar surface area (TPSA) is 43.3 Å². The number of aromatic nitrogens is 1. The number of carbonyl (C=O) groups excluding carboxylic acids is 1. The SMILES string of the molecule is Cn1cc(C(CC(=O)NCCc2ccc(Cl)cc2Cl)c2cccc(Oc3ccccc3)c2)c2ccccc21. The molecule has 0 fully saturated rings. The van der Waals surface area contributed by atoms with Gasteiger partial charge in [0.25, 0.3) is 0 Å². The van der Waals surface area contributed by atoms with Crippen LogP contribution in [-0.4, -0.2) is 17.0 Å². The van der Waals surface area contributed by atoms with Gasteiger partial charge in [0.05, 0.1) is 0 Å². The van der Waals surface area contributed by atoms with Gasteiger partial charge in [-0.1, -0.05) is 77.8 Å². The molecule has 0 bridgehead atoms. The molecular formula is C32H28Cl2N2O2. The fourth-order valence-corrected chi connectivity index (χ4v) is 5.30. The molecule has 38 heavy (non-hydrogen) atoms. The summed E-state index contributed by atoms with van der Waals surface area (Å²) in [5.74, 6) is 1.32. The third-order valence-electron chi connectivity index (χ3n) is 6.66. The summed E-state index contributed by atoms with van der Waals surface area (Å²) < 4.78 is 8.22. The second-order valence-electron chi connectivity index (χ2n) is 9.29. The molecule has 1 unspecified atom stereocenters. The van der Waals surface area contributed by atoms with E-state index in [0.717, 1.165) is 39.1 Å². The lowest BCUT2D eigenvalue weighted by molar-refractivity contribution is -0.121. The number of carbonyl (C=O) groups is 1. The number of rotatable bonds is 9. The van der Waals surface area contributed by atoms with E-state index in [1.54, 1.807) is 6.07 Å². The summed E-state index contributed by atoms with van der Waals surface area (Å²) >= 11 is 12.3. The number of aryl methyl sites for hydroxylation is 1. The van der Waals surface area contributed by atoms with Crippen LogP contribution in [0.5, 0.6) is 11.5 Å². The number of benzene rings is 4. The van der Waals surface area contributed by atoms with E-state index >= 15 is 0 Å². The van der Waals surface area contributed by atoms with E-state index in [1.165, 1.54) is 0 Å². The van der Waals surface area contributed by atoms with Crippen molar-refractivity contribution in [3.05, 3.63) is 130 Å². The Labute approximate surface area is 232 Å². The standard InChI is InChI=1S/C32H28Cl2N2O2/c1-36-21-29(27-12-5-6-13-31(27)36)28(20-32(37)35-17-16-22-14-15-24(33)19-30(22)34)23-8-7-11-26(18-23)38-25-9-3-2-4-10-25/h2-15,18-19,21,28H,16-17,20H2,1H3,(H,35,37). The molecule has 1 aromatic heterocycles. The number of fused-ring (bicyclic) bond motifs is 1. The number of nitrogens with one attached hydrogen (secondary N) is 1. The molecule has 5 rings (SSSR count). The van der Waals surface area contributed by atoms with Crippen LogP contribution in [0.4, 0.5) is 0 Å². The van der Waals surface area contributed by atoms with E-state index < -0.39 is 0 Å². The number of nitrogens with zero attached hydrogens (tertiary/aromatic N) is 1. The second-order valence-corrected chi connectivity index (χ2v) is 10.1. The van der Waals surface area contributed by atoms with E-state index in [1.807, 2.05) is 79.8 Å². The molecular weight excluding hydrogens is 515 g/mol. The third-order valence-corrected chi connectivity index (χ3v) is 7.25. The third kappa shape index (κ3) is 6.04. The Kier molecular flexibility index (Phi) is 8.02. The Morgan fingerprint density at radius 1 is 0.895 bits per heavy atom. The van der Waals surface area contributed by atoms with Crippen molar-refractivity contribution < 1.29 is 9.53 Å². The van der Waals surface area contributed by atoms with Crippen LogP contribution in [0.25, 0.3) is 10.9 Å². The first-order chi connectivity index (χ1) is 18.5. The van der Waals surface area contributed by atoms with Crippen molar-refractivity contribution in [1.29, 1.82) is 0 Å². The first-order valence-electron chi connectivity index (χ1n) is 12.6. The van der Waals surface area contributed by atoms with Gasteiger partial charge < -0.3 is 14.6 Å². The first kappa shape index (κ1) is 25.9. The molecule has 0 radical (unpaired) electrons. The molecule has 0 saturated carbocycles.